The first kappa shape index (κ1) is 19.6. The van der Waals surface area contributed by atoms with Gasteiger partial charge in [0.25, 0.3) is 11.8 Å². The Balaban J connectivity index is 1.51. The molecule has 0 saturated carbocycles. The van der Waals surface area contributed by atoms with Gasteiger partial charge < -0.3 is 15.5 Å². The molecule has 0 aliphatic carbocycles. The molecule has 1 atom stereocenters. The number of benzene rings is 2. The summed E-state index contributed by atoms with van der Waals surface area (Å²) in [6.07, 6.45) is 4.03. The molecule has 0 radical (unpaired) electrons. The summed E-state index contributed by atoms with van der Waals surface area (Å²) in [4.78, 5) is 31.2. The summed E-state index contributed by atoms with van der Waals surface area (Å²) in [6, 6.07) is 18.8. The van der Waals surface area contributed by atoms with Gasteiger partial charge in [0, 0.05) is 47.9 Å². The molecule has 0 saturated heterocycles. The summed E-state index contributed by atoms with van der Waals surface area (Å²) < 4.78 is 0. The van der Waals surface area contributed by atoms with Gasteiger partial charge in [0.05, 0.1) is 0 Å². The molecule has 0 fully saturated rings. The third-order valence-electron chi connectivity index (χ3n) is 5.15. The molecule has 1 aliphatic rings. The third-order valence-corrected chi connectivity index (χ3v) is 5.15. The predicted octanol–water partition coefficient (Wildman–Crippen LogP) is 3.99. The van der Waals surface area contributed by atoms with Gasteiger partial charge in [-0.2, -0.15) is 0 Å². The first-order chi connectivity index (χ1) is 14.7. The van der Waals surface area contributed by atoms with Crippen LogP contribution in [0, 0.1) is 0 Å². The van der Waals surface area contributed by atoms with Gasteiger partial charge in [-0.25, -0.2) is 0 Å². The first-order valence-corrected chi connectivity index (χ1v) is 10.1. The molecule has 2 N–H and O–H groups in total. The summed E-state index contributed by atoms with van der Waals surface area (Å²) in [5, 5.41) is 6.38. The topological polar surface area (TPSA) is 74.3 Å². The standard InChI is InChI=1S/C24H24N4O2/c1-2-14-28-22(20-8-3-4-9-21(20)24(28)30)27-19-7-5-6-18(15-19)23(29)26-16-17-10-12-25-13-11-17/h3-13,15,22,27H,2,14,16H2,1H3,(H,26,29)/t22-/m1/s1. The summed E-state index contributed by atoms with van der Waals surface area (Å²) in [5.41, 5.74) is 4.04. The highest BCUT2D eigenvalue weighted by molar-refractivity contribution is 5.99. The third kappa shape index (κ3) is 4.03. The smallest absolute Gasteiger partial charge is 0.256 e. The van der Waals surface area contributed by atoms with Crippen LogP contribution in [-0.2, 0) is 6.54 Å². The maximum atomic E-state index is 12.8. The number of carbonyl (C=O) groups is 2. The average molecular weight is 400 g/mol. The number of amides is 2. The van der Waals surface area contributed by atoms with Crippen LogP contribution < -0.4 is 10.6 Å². The lowest BCUT2D eigenvalue weighted by Gasteiger charge is -2.27. The number of carbonyl (C=O) groups excluding carboxylic acids is 2. The van der Waals surface area contributed by atoms with E-state index in [1.807, 2.05) is 59.5 Å². The molecule has 152 valence electrons. The van der Waals surface area contributed by atoms with Crippen LogP contribution in [0.3, 0.4) is 0 Å². The highest BCUT2D eigenvalue weighted by Crippen LogP contribution is 2.34. The van der Waals surface area contributed by atoms with Crippen molar-refractivity contribution in [1.29, 1.82) is 0 Å². The van der Waals surface area contributed by atoms with Crippen molar-refractivity contribution in [2.45, 2.75) is 26.1 Å². The number of hydrogen-bond donors (Lipinski definition) is 2. The normalized spacial score (nSPS) is 15.0. The SMILES string of the molecule is CCCN1C(=O)c2ccccc2[C@@H]1Nc1cccc(C(=O)NCc2ccncc2)c1. The number of hydrogen-bond acceptors (Lipinski definition) is 4. The average Bonchev–Trinajstić information content (AvgIpc) is 3.05. The molecule has 30 heavy (non-hydrogen) atoms. The zero-order valence-electron chi connectivity index (χ0n) is 16.8. The second-order valence-electron chi connectivity index (χ2n) is 7.25. The molecule has 6 nitrogen and oxygen atoms in total. The molecular formula is C24H24N4O2. The highest BCUT2D eigenvalue weighted by atomic mass is 16.2. The second kappa shape index (κ2) is 8.78. The van der Waals surface area contributed by atoms with Crippen molar-refractivity contribution in [1.82, 2.24) is 15.2 Å². The van der Waals surface area contributed by atoms with Gasteiger partial charge in [-0.05, 0) is 48.4 Å². The molecule has 6 heteroatoms. The molecule has 0 bridgehead atoms. The molecule has 2 heterocycles. The van der Waals surface area contributed by atoms with E-state index in [9.17, 15) is 9.59 Å². The predicted molar refractivity (Wildman–Crippen MR) is 116 cm³/mol. The molecule has 3 aromatic rings. The lowest BCUT2D eigenvalue weighted by molar-refractivity contribution is 0.0742. The van der Waals surface area contributed by atoms with Crippen LogP contribution >= 0.6 is 0 Å². The summed E-state index contributed by atoms with van der Waals surface area (Å²) in [7, 11) is 0. The Morgan fingerprint density at radius 2 is 1.87 bits per heavy atom. The van der Waals surface area contributed by atoms with E-state index >= 15 is 0 Å². The fourth-order valence-corrected chi connectivity index (χ4v) is 3.69. The van der Waals surface area contributed by atoms with E-state index in [-0.39, 0.29) is 18.0 Å². The Hall–Kier alpha value is -3.67. The van der Waals surface area contributed by atoms with Gasteiger partial charge >= 0.3 is 0 Å². The summed E-state index contributed by atoms with van der Waals surface area (Å²) >= 11 is 0. The van der Waals surface area contributed by atoms with E-state index in [1.165, 1.54) is 0 Å². The Labute approximate surface area is 175 Å². The van der Waals surface area contributed by atoms with Crippen LogP contribution in [0.25, 0.3) is 0 Å². The van der Waals surface area contributed by atoms with Crippen molar-refractivity contribution < 1.29 is 9.59 Å². The lowest BCUT2D eigenvalue weighted by atomic mass is 10.1. The van der Waals surface area contributed by atoms with Crippen molar-refractivity contribution >= 4 is 17.5 Å². The Morgan fingerprint density at radius 1 is 1.07 bits per heavy atom. The van der Waals surface area contributed by atoms with Gasteiger partial charge in [-0.1, -0.05) is 31.2 Å². The molecule has 1 aliphatic heterocycles. The maximum Gasteiger partial charge on any atom is 0.256 e. The van der Waals surface area contributed by atoms with Crippen molar-refractivity contribution in [3.8, 4) is 0 Å². The number of fused-ring (bicyclic) bond motifs is 1. The van der Waals surface area contributed by atoms with Gasteiger partial charge in [0.2, 0.25) is 0 Å². The van der Waals surface area contributed by atoms with Crippen molar-refractivity contribution in [3.63, 3.8) is 0 Å². The second-order valence-corrected chi connectivity index (χ2v) is 7.25. The van der Waals surface area contributed by atoms with E-state index in [2.05, 4.69) is 22.5 Å². The van der Waals surface area contributed by atoms with Crippen molar-refractivity contribution in [2.75, 3.05) is 11.9 Å². The van der Waals surface area contributed by atoms with E-state index in [0.717, 1.165) is 28.8 Å². The van der Waals surface area contributed by atoms with Crippen LogP contribution in [-0.4, -0.2) is 28.2 Å². The number of pyridine rings is 1. The largest absolute Gasteiger partial charge is 0.361 e. The molecule has 2 amide bonds. The lowest BCUT2D eigenvalue weighted by Crippen LogP contribution is -2.33. The monoisotopic (exact) mass is 400 g/mol. The quantitative estimate of drug-likeness (QED) is 0.629. The minimum Gasteiger partial charge on any atom is -0.361 e. The van der Waals surface area contributed by atoms with Crippen LogP contribution in [0.5, 0.6) is 0 Å². The Kier molecular flexibility index (Phi) is 5.75. The van der Waals surface area contributed by atoms with Gasteiger partial charge in [0.15, 0.2) is 0 Å². The summed E-state index contributed by atoms with van der Waals surface area (Å²) in [5.74, 6) is -0.111. The zero-order valence-corrected chi connectivity index (χ0v) is 16.8. The Morgan fingerprint density at radius 3 is 2.67 bits per heavy atom. The van der Waals surface area contributed by atoms with E-state index < -0.39 is 0 Å². The number of aromatic nitrogens is 1. The fourth-order valence-electron chi connectivity index (χ4n) is 3.69. The fraction of sp³-hybridized carbons (Fsp3) is 0.208. The molecule has 1 aromatic heterocycles. The Bertz CT molecular complexity index is 1050. The van der Waals surface area contributed by atoms with Crippen LogP contribution in [0.1, 0.15) is 51.4 Å². The zero-order chi connectivity index (χ0) is 20.9. The van der Waals surface area contributed by atoms with Crippen LogP contribution in [0.2, 0.25) is 0 Å². The molecule has 4 rings (SSSR count). The summed E-state index contributed by atoms with van der Waals surface area (Å²) in [6.45, 7) is 3.16. The molecule has 0 spiro atoms. The van der Waals surface area contributed by atoms with E-state index in [1.54, 1.807) is 18.5 Å². The van der Waals surface area contributed by atoms with Gasteiger partial charge in [-0.15, -0.1) is 0 Å². The molecular weight excluding hydrogens is 376 g/mol. The maximum absolute atomic E-state index is 12.8. The molecule has 2 aromatic carbocycles. The number of nitrogens with zero attached hydrogens (tertiary/aromatic N) is 2. The van der Waals surface area contributed by atoms with E-state index in [0.29, 0.717) is 18.7 Å². The molecule has 0 unspecified atom stereocenters. The number of nitrogens with one attached hydrogen (secondary N) is 2. The van der Waals surface area contributed by atoms with Gasteiger partial charge in [-0.3, -0.25) is 14.6 Å². The van der Waals surface area contributed by atoms with Crippen LogP contribution in [0.15, 0.2) is 73.1 Å². The van der Waals surface area contributed by atoms with E-state index in [4.69, 9.17) is 0 Å². The highest BCUT2D eigenvalue weighted by Gasteiger charge is 2.35. The van der Waals surface area contributed by atoms with Crippen molar-refractivity contribution in [3.05, 3.63) is 95.3 Å². The van der Waals surface area contributed by atoms with Gasteiger partial charge in [0.1, 0.15) is 6.17 Å². The minimum absolute atomic E-state index is 0.0381. The first-order valence-electron chi connectivity index (χ1n) is 10.1. The number of anilines is 1. The number of rotatable bonds is 7. The van der Waals surface area contributed by atoms with Crippen LogP contribution in [0.4, 0.5) is 5.69 Å². The minimum atomic E-state index is -0.247. The van der Waals surface area contributed by atoms with Crippen molar-refractivity contribution in [2.24, 2.45) is 0 Å².